The number of nitrogens with zero attached hydrogens (tertiary/aromatic N) is 1. The molecule has 14 heavy (non-hydrogen) atoms. The van der Waals surface area contributed by atoms with Crippen LogP contribution >= 0.6 is 0 Å². The van der Waals surface area contributed by atoms with E-state index >= 15 is 0 Å². The molecular weight excluding hydrogens is 179 g/mol. The van der Waals surface area contributed by atoms with Gasteiger partial charge in [-0.05, 0) is 25.0 Å². The second kappa shape index (κ2) is 3.77. The maximum Gasteiger partial charge on any atom is 0.141 e. The molecule has 0 bridgehead atoms. The predicted octanol–water partition coefficient (Wildman–Crippen LogP) is 2.28. The first-order chi connectivity index (χ1) is 6.53. The Morgan fingerprint density at radius 2 is 2.21 bits per heavy atom. The molecule has 3 heteroatoms. The molecule has 0 aliphatic rings. The molecule has 0 saturated carbocycles. The van der Waals surface area contributed by atoms with Gasteiger partial charge in [0.15, 0.2) is 0 Å². The van der Waals surface area contributed by atoms with E-state index in [1.807, 2.05) is 13.0 Å². The number of nitriles is 1. The first-order valence-electron chi connectivity index (χ1n) is 4.51. The Kier molecular flexibility index (Phi) is 2.87. The van der Waals surface area contributed by atoms with E-state index in [0.717, 1.165) is 0 Å². The zero-order valence-electron chi connectivity index (χ0n) is 8.34. The summed E-state index contributed by atoms with van der Waals surface area (Å²) in [5, 5.41) is 8.81. The van der Waals surface area contributed by atoms with Gasteiger partial charge in [0.25, 0.3) is 0 Å². The summed E-state index contributed by atoms with van der Waals surface area (Å²) in [5.74, 6) is -0.505. The highest BCUT2D eigenvalue weighted by Gasteiger charge is 2.23. The fourth-order valence-corrected chi connectivity index (χ4v) is 1.30. The number of rotatable bonds is 2. The second-order valence-electron chi connectivity index (χ2n) is 3.55. The molecule has 0 heterocycles. The van der Waals surface area contributed by atoms with Gasteiger partial charge in [0.2, 0.25) is 0 Å². The lowest BCUT2D eigenvalue weighted by atomic mass is 9.87. The molecule has 0 saturated heterocycles. The number of halogens is 1. The van der Waals surface area contributed by atoms with Crippen LogP contribution < -0.4 is 5.73 Å². The third-order valence-electron chi connectivity index (χ3n) is 2.48. The van der Waals surface area contributed by atoms with Crippen molar-refractivity contribution in [3.05, 3.63) is 35.1 Å². The Bertz CT molecular complexity index is 377. The highest BCUT2D eigenvalue weighted by Crippen LogP contribution is 2.25. The van der Waals surface area contributed by atoms with Gasteiger partial charge in [0.1, 0.15) is 11.9 Å². The topological polar surface area (TPSA) is 49.8 Å². The van der Waals surface area contributed by atoms with Crippen LogP contribution in [0, 0.1) is 17.1 Å². The van der Waals surface area contributed by atoms with Crippen LogP contribution in [0.1, 0.15) is 31.4 Å². The van der Waals surface area contributed by atoms with E-state index in [2.05, 4.69) is 0 Å². The van der Waals surface area contributed by atoms with E-state index in [-0.39, 0.29) is 5.56 Å². The Labute approximate surface area is 83.2 Å². The molecule has 1 aromatic carbocycles. The van der Waals surface area contributed by atoms with Crippen LogP contribution in [0.2, 0.25) is 0 Å². The number of nitrogens with two attached hydrogens (primary N) is 1. The quantitative estimate of drug-likeness (QED) is 0.781. The Hall–Kier alpha value is -1.40. The largest absolute Gasteiger partial charge is 0.322 e. The van der Waals surface area contributed by atoms with Crippen molar-refractivity contribution in [1.82, 2.24) is 0 Å². The summed E-state index contributed by atoms with van der Waals surface area (Å²) in [6, 6.07) is 6.40. The third-order valence-corrected chi connectivity index (χ3v) is 2.48. The maximum absolute atomic E-state index is 13.2. The van der Waals surface area contributed by atoms with Crippen molar-refractivity contribution in [2.75, 3.05) is 0 Å². The summed E-state index contributed by atoms with van der Waals surface area (Å²) in [6.45, 7) is 3.70. The smallest absolute Gasteiger partial charge is 0.141 e. The van der Waals surface area contributed by atoms with Crippen LogP contribution in [-0.2, 0) is 5.54 Å². The molecule has 0 spiro atoms. The van der Waals surface area contributed by atoms with Gasteiger partial charge in [0, 0.05) is 5.54 Å². The number of benzene rings is 1. The average Bonchev–Trinajstić information content (AvgIpc) is 2.17. The van der Waals surface area contributed by atoms with Crippen LogP contribution in [0.3, 0.4) is 0 Å². The average molecular weight is 192 g/mol. The second-order valence-corrected chi connectivity index (χ2v) is 3.55. The number of hydrogen-bond donors (Lipinski definition) is 1. The summed E-state index contributed by atoms with van der Waals surface area (Å²) in [6.07, 6.45) is 0.658. The molecule has 74 valence electrons. The SMILES string of the molecule is CCC(C)(N)c1cccc(F)c1C#N. The summed E-state index contributed by atoms with van der Waals surface area (Å²) in [7, 11) is 0. The molecule has 1 atom stereocenters. The van der Waals surface area contributed by atoms with E-state index in [9.17, 15) is 4.39 Å². The van der Waals surface area contributed by atoms with Crippen molar-refractivity contribution in [2.45, 2.75) is 25.8 Å². The molecular formula is C11H13FN2. The molecule has 1 unspecified atom stereocenters. The standard InChI is InChI=1S/C11H13FN2/c1-3-11(2,14)9-5-4-6-10(12)8(9)7-13/h4-6H,3,14H2,1-2H3. The minimum atomic E-state index is -0.646. The highest BCUT2D eigenvalue weighted by atomic mass is 19.1. The van der Waals surface area contributed by atoms with Crippen LogP contribution in [0.25, 0.3) is 0 Å². The van der Waals surface area contributed by atoms with Gasteiger partial charge < -0.3 is 5.73 Å². The van der Waals surface area contributed by atoms with E-state index < -0.39 is 11.4 Å². The Morgan fingerprint density at radius 1 is 1.57 bits per heavy atom. The van der Waals surface area contributed by atoms with Crippen molar-refractivity contribution in [3.8, 4) is 6.07 Å². The lowest BCUT2D eigenvalue weighted by molar-refractivity contribution is 0.470. The molecule has 0 amide bonds. The Balaban J connectivity index is 3.36. The van der Waals surface area contributed by atoms with Gasteiger partial charge >= 0.3 is 0 Å². The van der Waals surface area contributed by atoms with Crippen LogP contribution in [0.15, 0.2) is 18.2 Å². The summed E-state index contributed by atoms with van der Waals surface area (Å²) in [4.78, 5) is 0. The molecule has 0 aliphatic heterocycles. The lowest BCUT2D eigenvalue weighted by Crippen LogP contribution is -2.33. The molecule has 1 aromatic rings. The molecule has 2 nitrogen and oxygen atoms in total. The van der Waals surface area contributed by atoms with E-state index in [4.69, 9.17) is 11.0 Å². The summed E-state index contributed by atoms with van der Waals surface area (Å²) in [5.41, 5.74) is 5.95. The maximum atomic E-state index is 13.2. The van der Waals surface area contributed by atoms with Gasteiger partial charge in [-0.15, -0.1) is 0 Å². The minimum absolute atomic E-state index is 0.0550. The molecule has 1 rings (SSSR count). The summed E-state index contributed by atoms with van der Waals surface area (Å²) < 4.78 is 13.2. The molecule has 0 aromatic heterocycles. The van der Waals surface area contributed by atoms with Crippen molar-refractivity contribution < 1.29 is 4.39 Å². The third kappa shape index (κ3) is 1.75. The molecule has 0 radical (unpaired) electrons. The van der Waals surface area contributed by atoms with Crippen molar-refractivity contribution in [1.29, 1.82) is 5.26 Å². The molecule has 0 fully saturated rings. The first kappa shape index (κ1) is 10.7. The monoisotopic (exact) mass is 192 g/mol. The van der Waals surface area contributed by atoms with Gasteiger partial charge in [-0.3, -0.25) is 0 Å². The first-order valence-corrected chi connectivity index (χ1v) is 4.51. The predicted molar refractivity (Wildman–Crippen MR) is 52.9 cm³/mol. The van der Waals surface area contributed by atoms with Crippen LogP contribution in [-0.4, -0.2) is 0 Å². The number of hydrogen-bond acceptors (Lipinski definition) is 2. The van der Waals surface area contributed by atoms with Gasteiger partial charge in [-0.25, -0.2) is 4.39 Å². The lowest BCUT2D eigenvalue weighted by Gasteiger charge is -2.24. The van der Waals surface area contributed by atoms with Crippen molar-refractivity contribution in [2.24, 2.45) is 5.73 Å². The van der Waals surface area contributed by atoms with E-state index in [1.165, 1.54) is 6.07 Å². The zero-order chi connectivity index (χ0) is 10.8. The van der Waals surface area contributed by atoms with Gasteiger partial charge in [0.05, 0.1) is 5.56 Å². The van der Waals surface area contributed by atoms with Gasteiger partial charge in [-0.2, -0.15) is 5.26 Å². The fraction of sp³-hybridized carbons (Fsp3) is 0.364. The van der Waals surface area contributed by atoms with Gasteiger partial charge in [-0.1, -0.05) is 19.1 Å². The fourth-order valence-electron chi connectivity index (χ4n) is 1.30. The van der Waals surface area contributed by atoms with Crippen molar-refractivity contribution >= 4 is 0 Å². The summed E-state index contributed by atoms with van der Waals surface area (Å²) >= 11 is 0. The van der Waals surface area contributed by atoms with Crippen LogP contribution in [0.4, 0.5) is 4.39 Å². The normalized spacial score (nSPS) is 14.5. The Morgan fingerprint density at radius 3 is 2.71 bits per heavy atom. The highest BCUT2D eigenvalue weighted by molar-refractivity contribution is 5.42. The van der Waals surface area contributed by atoms with Crippen molar-refractivity contribution in [3.63, 3.8) is 0 Å². The molecule has 0 aliphatic carbocycles. The van der Waals surface area contributed by atoms with E-state index in [1.54, 1.807) is 19.1 Å². The van der Waals surface area contributed by atoms with E-state index in [0.29, 0.717) is 12.0 Å². The minimum Gasteiger partial charge on any atom is -0.322 e. The van der Waals surface area contributed by atoms with Crippen LogP contribution in [0.5, 0.6) is 0 Å². The zero-order valence-corrected chi connectivity index (χ0v) is 8.34. The molecule has 2 N–H and O–H groups in total.